The number of aromatic nitrogens is 2. The fourth-order valence-corrected chi connectivity index (χ4v) is 3.04. The molecule has 0 radical (unpaired) electrons. The quantitative estimate of drug-likeness (QED) is 0.778. The average molecular weight is 386 g/mol. The van der Waals surface area contributed by atoms with Crippen molar-refractivity contribution in [2.45, 2.75) is 13.3 Å². The molecule has 1 N–H and O–H groups in total. The van der Waals surface area contributed by atoms with Gasteiger partial charge < -0.3 is 24.4 Å². The minimum absolute atomic E-state index is 0.0864. The van der Waals surface area contributed by atoms with E-state index in [1.54, 1.807) is 25.2 Å². The lowest BCUT2D eigenvalue weighted by molar-refractivity contribution is 0.0299. The number of nitrogens with one attached hydrogen (secondary N) is 1. The number of methoxy groups -OCH3 is 2. The molecule has 150 valence electrons. The van der Waals surface area contributed by atoms with Gasteiger partial charge in [0, 0.05) is 25.3 Å². The summed E-state index contributed by atoms with van der Waals surface area (Å²) in [5.41, 5.74) is 2.26. The largest absolute Gasteiger partial charge is 0.493 e. The summed E-state index contributed by atoms with van der Waals surface area (Å²) < 4.78 is 15.9. The van der Waals surface area contributed by atoms with Crippen LogP contribution in [-0.2, 0) is 11.2 Å². The Hall–Kier alpha value is -2.87. The summed E-state index contributed by atoms with van der Waals surface area (Å²) in [5.74, 6) is 1.77. The summed E-state index contributed by atoms with van der Waals surface area (Å²) >= 11 is 0. The monoisotopic (exact) mass is 386 g/mol. The van der Waals surface area contributed by atoms with E-state index in [-0.39, 0.29) is 5.91 Å². The number of amides is 1. The second kappa shape index (κ2) is 9.36. The van der Waals surface area contributed by atoms with E-state index in [4.69, 9.17) is 14.2 Å². The number of carbonyl (C=O) groups is 1. The van der Waals surface area contributed by atoms with Gasteiger partial charge >= 0.3 is 0 Å². The van der Waals surface area contributed by atoms with E-state index >= 15 is 0 Å². The van der Waals surface area contributed by atoms with E-state index in [2.05, 4.69) is 15.3 Å². The van der Waals surface area contributed by atoms with Gasteiger partial charge in [-0.15, -0.1) is 0 Å². The maximum Gasteiger partial charge on any atom is 0.272 e. The van der Waals surface area contributed by atoms with Crippen molar-refractivity contribution in [3.63, 3.8) is 0 Å². The molecule has 1 saturated heterocycles. The third-order valence-corrected chi connectivity index (χ3v) is 4.52. The molecule has 0 spiro atoms. The van der Waals surface area contributed by atoms with E-state index < -0.39 is 0 Å². The van der Waals surface area contributed by atoms with Crippen LogP contribution in [0.4, 0.5) is 5.95 Å². The number of anilines is 1. The fraction of sp³-hybridized carbons (Fsp3) is 0.450. The minimum atomic E-state index is -0.0864. The SMILES string of the molecule is COc1ccc(CCNc2nc(C)cc(C(=O)N3CCOCC3)n2)cc1OC. The number of benzene rings is 1. The summed E-state index contributed by atoms with van der Waals surface area (Å²) in [5, 5.41) is 3.21. The number of morpholine rings is 1. The Labute approximate surface area is 164 Å². The van der Waals surface area contributed by atoms with Gasteiger partial charge in [0.2, 0.25) is 5.95 Å². The van der Waals surface area contributed by atoms with Crippen LogP contribution in [0.15, 0.2) is 24.3 Å². The Balaban J connectivity index is 1.63. The molecule has 2 aromatic rings. The molecule has 8 heteroatoms. The molecule has 0 aliphatic carbocycles. The summed E-state index contributed by atoms with van der Waals surface area (Å²) in [7, 11) is 3.23. The maximum absolute atomic E-state index is 12.7. The van der Waals surface area contributed by atoms with Crippen molar-refractivity contribution >= 4 is 11.9 Å². The van der Waals surface area contributed by atoms with E-state index in [1.807, 2.05) is 25.1 Å². The van der Waals surface area contributed by atoms with Gasteiger partial charge in [-0.1, -0.05) is 6.07 Å². The van der Waals surface area contributed by atoms with Crippen LogP contribution >= 0.6 is 0 Å². The zero-order valence-corrected chi connectivity index (χ0v) is 16.5. The summed E-state index contributed by atoms with van der Waals surface area (Å²) in [4.78, 5) is 23.2. The number of carbonyl (C=O) groups excluding carboxylic acids is 1. The molecule has 2 heterocycles. The molecule has 1 aliphatic heterocycles. The molecule has 1 fully saturated rings. The third-order valence-electron chi connectivity index (χ3n) is 4.52. The topological polar surface area (TPSA) is 85.8 Å². The van der Waals surface area contributed by atoms with Crippen LogP contribution in [0.3, 0.4) is 0 Å². The molecule has 0 atom stereocenters. The van der Waals surface area contributed by atoms with Crippen molar-refractivity contribution < 1.29 is 19.0 Å². The van der Waals surface area contributed by atoms with Crippen molar-refractivity contribution in [1.29, 1.82) is 0 Å². The number of nitrogens with zero attached hydrogens (tertiary/aromatic N) is 3. The summed E-state index contributed by atoms with van der Waals surface area (Å²) in [6.07, 6.45) is 0.754. The molecular formula is C20H26N4O4. The van der Waals surface area contributed by atoms with E-state index in [9.17, 15) is 4.79 Å². The number of rotatable bonds is 7. The smallest absolute Gasteiger partial charge is 0.272 e. The lowest BCUT2D eigenvalue weighted by Crippen LogP contribution is -2.41. The van der Waals surface area contributed by atoms with Crippen molar-refractivity contribution in [3.8, 4) is 11.5 Å². The van der Waals surface area contributed by atoms with Crippen LogP contribution in [0.1, 0.15) is 21.7 Å². The number of hydrogen-bond donors (Lipinski definition) is 1. The fourth-order valence-electron chi connectivity index (χ4n) is 3.04. The van der Waals surface area contributed by atoms with Gasteiger partial charge in [-0.05, 0) is 37.1 Å². The summed E-state index contributed by atoms with van der Waals surface area (Å²) in [6, 6.07) is 7.55. The van der Waals surface area contributed by atoms with Crippen molar-refractivity contribution in [1.82, 2.24) is 14.9 Å². The predicted octanol–water partition coefficient (Wildman–Crippen LogP) is 1.93. The van der Waals surface area contributed by atoms with E-state index in [0.29, 0.717) is 56.0 Å². The zero-order valence-electron chi connectivity index (χ0n) is 16.5. The van der Waals surface area contributed by atoms with Gasteiger partial charge in [-0.25, -0.2) is 9.97 Å². The highest BCUT2D eigenvalue weighted by atomic mass is 16.5. The third kappa shape index (κ3) is 4.89. The molecule has 28 heavy (non-hydrogen) atoms. The lowest BCUT2D eigenvalue weighted by atomic mass is 10.1. The normalized spacial score (nSPS) is 13.9. The molecule has 0 unspecified atom stereocenters. The molecule has 0 saturated carbocycles. The molecule has 1 amide bonds. The van der Waals surface area contributed by atoms with Crippen molar-refractivity contribution in [2.75, 3.05) is 52.4 Å². The number of aryl methyl sites for hydroxylation is 1. The lowest BCUT2D eigenvalue weighted by Gasteiger charge is -2.26. The van der Waals surface area contributed by atoms with Crippen LogP contribution < -0.4 is 14.8 Å². The van der Waals surface area contributed by atoms with Crippen molar-refractivity contribution in [3.05, 3.63) is 41.2 Å². The molecular weight excluding hydrogens is 360 g/mol. The molecule has 1 aromatic heterocycles. The van der Waals surface area contributed by atoms with Gasteiger partial charge in [0.05, 0.1) is 27.4 Å². The second-order valence-electron chi connectivity index (χ2n) is 6.49. The highest BCUT2D eigenvalue weighted by Gasteiger charge is 2.20. The maximum atomic E-state index is 12.7. The first kappa shape index (κ1) is 19.9. The Morgan fingerprint density at radius 1 is 1.14 bits per heavy atom. The molecule has 3 rings (SSSR count). The van der Waals surface area contributed by atoms with Gasteiger partial charge in [0.25, 0.3) is 5.91 Å². The Morgan fingerprint density at radius 2 is 1.89 bits per heavy atom. The zero-order chi connectivity index (χ0) is 19.9. The average Bonchev–Trinajstić information content (AvgIpc) is 2.73. The first-order valence-corrected chi connectivity index (χ1v) is 9.28. The van der Waals surface area contributed by atoms with Crippen LogP contribution in [0.2, 0.25) is 0 Å². The van der Waals surface area contributed by atoms with E-state index in [1.165, 1.54) is 0 Å². The molecule has 1 aromatic carbocycles. The Bertz CT molecular complexity index is 822. The highest BCUT2D eigenvalue weighted by Crippen LogP contribution is 2.27. The van der Waals surface area contributed by atoms with Gasteiger partial charge in [0.1, 0.15) is 5.69 Å². The highest BCUT2D eigenvalue weighted by molar-refractivity contribution is 5.92. The molecule has 0 bridgehead atoms. The van der Waals surface area contributed by atoms with Crippen LogP contribution in [-0.4, -0.2) is 67.8 Å². The van der Waals surface area contributed by atoms with Gasteiger partial charge in [0.15, 0.2) is 11.5 Å². The minimum Gasteiger partial charge on any atom is -0.493 e. The van der Waals surface area contributed by atoms with Gasteiger partial charge in [-0.3, -0.25) is 4.79 Å². The Morgan fingerprint density at radius 3 is 2.61 bits per heavy atom. The van der Waals surface area contributed by atoms with Crippen LogP contribution in [0, 0.1) is 6.92 Å². The van der Waals surface area contributed by atoms with Gasteiger partial charge in [-0.2, -0.15) is 0 Å². The van der Waals surface area contributed by atoms with Crippen LogP contribution in [0.25, 0.3) is 0 Å². The number of ether oxygens (including phenoxy) is 3. The second-order valence-corrected chi connectivity index (χ2v) is 6.49. The predicted molar refractivity (Wildman–Crippen MR) is 105 cm³/mol. The Kier molecular flexibility index (Phi) is 6.65. The summed E-state index contributed by atoms with van der Waals surface area (Å²) in [6.45, 7) is 4.79. The molecule has 1 aliphatic rings. The number of hydrogen-bond acceptors (Lipinski definition) is 7. The standard InChI is InChI=1S/C20H26N4O4/c1-14-12-16(19(25)24-8-10-28-11-9-24)23-20(22-14)21-7-6-15-4-5-17(26-2)18(13-15)27-3/h4-5,12-13H,6-11H2,1-3H3,(H,21,22,23). The first-order valence-electron chi connectivity index (χ1n) is 9.28. The van der Waals surface area contributed by atoms with Crippen molar-refractivity contribution in [2.24, 2.45) is 0 Å². The van der Waals surface area contributed by atoms with Crippen LogP contribution in [0.5, 0.6) is 11.5 Å². The van der Waals surface area contributed by atoms with E-state index in [0.717, 1.165) is 17.7 Å². The first-order chi connectivity index (χ1) is 13.6. The molecule has 8 nitrogen and oxygen atoms in total.